The quantitative estimate of drug-likeness (QED) is 0.515. The van der Waals surface area contributed by atoms with Gasteiger partial charge in [0.05, 0.1) is 0 Å². The predicted molar refractivity (Wildman–Crippen MR) is 46.7 cm³/mol. The summed E-state index contributed by atoms with van der Waals surface area (Å²) in [7, 11) is -4.25. The van der Waals surface area contributed by atoms with Crippen LogP contribution in [0.15, 0.2) is 0 Å². The maximum atomic E-state index is 13.3. The van der Waals surface area contributed by atoms with E-state index in [2.05, 4.69) is 5.32 Å². The van der Waals surface area contributed by atoms with E-state index in [1.165, 1.54) is 0 Å². The van der Waals surface area contributed by atoms with E-state index < -0.39 is 21.7 Å². The van der Waals surface area contributed by atoms with Crippen molar-refractivity contribution >= 4 is 10.1 Å². The fourth-order valence-electron chi connectivity index (χ4n) is 1.07. The predicted octanol–water partition coefficient (Wildman–Crippen LogP) is 0.559. The molecule has 1 saturated carbocycles. The fourth-order valence-corrected chi connectivity index (χ4v) is 1.86. The Balaban J connectivity index is 2.34. The molecular formula is C7H14FNO3S. The van der Waals surface area contributed by atoms with Crippen LogP contribution < -0.4 is 5.32 Å². The maximum absolute atomic E-state index is 13.3. The van der Waals surface area contributed by atoms with Crippen molar-refractivity contribution in [2.75, 3.05) is 12.3 Å². The van der Waals surface area contributed by atoms with E-state index >= 15 is 0 Å². The molecule has 4 nitrogen and oxygen atoms in total. The Morgan fingerprint density at radius 3 is 2.54 bits per heavy atom. The molecule has 0 unspecified atom stereocenters. The van der Waals surface area contributed by atoms with Gasteiger partial charge in [-0.25, -0.2) is 4.39 Å². The average Bonchev–Trinajstić information content (AvgIpc) is 2.59. The molecule has 1 aliphatic carbocycles. The summed E-state index contributed by atoms with van der Waals surface area (Å²) in [6.07, 6.45) is 2.13. The third-order valence-electron chi connectivity index (χ3n) is 1.91. The zero-order valence-corrected chi connectivity index (χ0v) is 8.27. The minimum Gasteiger partial charge on any atom is -0.285 e. The topological polar surface area (TPSA) is 66.4 Å². The van der Waals surface area contributed by atoms with Crippen molar-refractivity contribution in [3.63, 3.8) is 0 Å². The van der Waals surface area contributed by atoms with Gasteiger partial charge in [-0.3, -0.25) is 9.87 Å². The molecule has 0 spiro atoms. The zero-order chi connectivity index (χ0) is 10.1. The average molecular weight is 211 g/mol. The summed E-state index contributed by atoms with van der Waals surface area (Å²) in [4.78, 5) is 0. The molecule has 6 heteroatoms. The zero-order valence-electron chi connectivity index (χ0n) is 7.46. The molecular weight excluding hydrogens is 197 g/mol. The highest BCUT2D eigenvalue weighted by atomic mass is 32.2. The number of rotatable bonds is 5. The van der Waals surface area contributed by atoms with Gasteiger partial charge < -0.3 is 0 Å². The van der Waals surface area contributed by atoms with Crippen molar-refractivity contribution < 1.29 is 17.4 Å². The van der Waals surface area contributed by atoms with Crippen molar-refractivity contribution in [2.24, 2.45) is 5.92 Å². The standard InChI is InChI=1S/C7H14FNO3S/c1-7(8,5-13(10,11)12)9-4-6-2-3-6/h6,9H,2-5H2,1H3,(H,10,11,12)/t7-/m1/s1. The fraction of sp³-hybridized carbons (Fsp3) is 1.00. The number of hydrogen-bond donors (Lipinski definition) is 2. The van der Waals surface area contributed by atoms with Crippen LogP contribution in [0, 0.1) is 5.92 Å². The van der Waals surface area contributed by atoms with Crippen molar-refractivity contribution in [1.82, 2.24) is 5.32 Å². The first-order chi connectivity index (χ1) is 5.79. The molecule has 2 N–H and O–H groups in total. The van der Waals surface area contributed by atoms with Crippen molar-refractivity contribution in [3.8, 4) is 0 Å². The third-order valence-corrected chi connectivity index (χ3v) is 2.82. The van der Waals surface area contributed by atoms with Gasteiger partial charge in [-0.15, -0.1) is 0 Å². The Kier molecular flexibility index (Phi) is 2.94. The van der Waals surface area contributed by atoms with Crippen LogP contribution in [0.25, 0.3) is 0 Å². The van der Waals surface area contributed by atoms with E-state index in [0.29, 0.717) is 12.5 Å². The van der Waals surface area contributed by atoms with Gasteiger partial charge in [0, 0.05) is 6.54 Å². The van der Waals surface area contributed by atoms with E-state index in [-0.39, 0.29) is 0 Å². The molecule has 0 radical (unpaired) electrons. The Bertz CT molecular complexity index is 271. The van der Waals surface area contributed by atoms with Gasteiger partial charge in [-0.05, 0) is 25.7 Å². The minimum atomic E-state index is -4.25. The molecule has 0 aliphatic heterocycles. The van der Waals surface area contributed by atoms with E-state index in [4.69, 9.17) is 4.55 Å². The molecule has 1 rings (SSSR count). The van der Waals surface area contributed by atoms with Crippen LogP contribution in [0.1, 0.15) is 19.8 Å². The van der Waals surface area contributed by atoms with Crippen LogP contribution in [0.2, 0.25) is 0 Å². The second kappa shape index (κ2) is 3.51. The second-order valence-corrected chi connectivity index (χ2v) is 5.20. The van der Waals surface area contributed by atoms with Gasteiger partial charge >= 0.3 is 0 Å². The monoisotopic (exact) mass is 211 g/mol. The number of hydrogen-bond acceptors (Lipinski definition) is 3. The molecule has 0 aromatic rings. The molecule has 1 aliphatic rings. The molecule has 0 aromatic carbocycles. The van der Waals surface area contributed by atoms with Crippen molar-refractivity contribution in [1.29, 1.82) is 0 Å². The van der Waals surface area contributed by atoms with E-state index in [0.717, 1.165) is 19.8 Å². The highest BCUT2D eigenvalue weighted by Gasteiger charge is 2.31. The van der Waals surface area contributed by atoms with Gasteiger partial charge in [-0.2, -0.15) is 8.42 Å². The van der Waals surface area contributed by atoms with Crippen LogP contribution in [0.4, 0.5) is 4.39 Å². The Labute approximate surface area is 77.3 Å². The lowest BCUT2D eigenvalue weighted by atomic mass is 10.3. The lowest BCUT2D eigenvalue weighted by Crippen LogP contribution is -2.44. The van der Waals surface area contributed by atoms with Crippen LogP contribution in [-0.4, -0.2) is 31.1 Å². The SMILES string of the molecule is C[C@](F)(CS(=O)(=O)O)NCC1CC1. The highest BCUT2D eigenvalue weighted by molar-refractivity contribution is 7.85. The largest absolute Gasteiger partial charge is 0.285 e. The molecule has 78 valence electrons. The van der Waals surface area contributed by atoms with Crippen LogP contribution in [0.5, 0.6) is 0 Å². The Morgan fingerprint density at radius 2 is 2.15 bits per heavy atom. The summed E-state index contributed by atoms with van der Waals surface area (Å²) in [5.74, 6) is -2.46. The van der Waals surface area contributed by atoms with E-state index in [9.17, 15) is 12.8 Å². The van der Waals surface area contributed by atoms with E-state index in [1.807, 2.05) is 0 Å². The van der Waals surface area contributed by atoms with Gasteiger partial charge in [0.25, 0.3) is 10.1 Å². The smallest absolute Gasteiger partial charge is 0.269 e. The molecule has 0 aromatic heterocycles. The Morgan fingerprint density at radius 1 is 1.62 bits per heavy atom. The summed E-state index contributed by atoms with van der Waals surface area (Å²) in [5, 5.41) is 2.47. The summed E-state index contributed by atoms with van der Waals surface area (Å²) < 4.78 is 42.5. The first-order valence-corrected chi connectivity index (χ1v) is 5.78. The molecule has 1 fully saturated rings. The first-order valence-electron chi connectivity index (χ1n) is 4.18. The lowest BCUT2D eigenvalue weighted by molar-refractivity contribution is 0.162. The molecule has 13 heavy (non-hydrogen) atoms. The van der Waals surface area contributed by atoms with Gasteiger partial charge in [0.15, 0.2) is 5.79 Å². The number of halogens is 1. The molecule has 0 bridgehead atoms. The Hall–Kier alpha value is -0.200. The van der Waals surface area contributed by atoms with Crippen molar-refractivity contribution in [3.05, 3.63) is 0 Å². The number of nitrogens with one attached hydrogen (secondary N) is 1. The third kappa shape index (κ3) is 5.17. The second-order valence-electron chi connectivity index (χ2n) is 3.75. The van der Waals surface area contributed by atoms with Crippen molar-refractivity contribution in [2.45, 2.75) is 25.6 Å². The first kappa shape index (κ1) is 10.9. The molecule has 0 heterocycles. The van der Waals surface area contributed by atoms with Crippen LogP contribution >= 0.6 is 0 Å². The summed E-state index contributed by atoms with van der Waals surface area (Å²) in [6, 6.07) is 0. The number of alkyl halides is 1. The summed E-state index contributed by atoms with van der Waals surface area (Å²) in [5.41, 5.74) is 0. The maximum Gasteiger partial charge on any atom is 0.269 e. The van der Waals surface area contributed by atoms with Crippen LogP contribution in [0.3, 0.4) is 0 Å². The summed E-state index contributed by atoms with van der Waals surface area (Å²) in [6.45, 7) is 1.59. The normalized spacial score (nSPS) is 22.7. The van der Waals surface area contributed by atoms with Gasteiger partial charge in [-0.1, -0.05) is 0 Å². The van der Waals surface area contributed by atoms with E-state index in [1.54, 1.807) is 0 Å². The van der Waals surface area contributed by atoms with Gasteiger partial charge in [0.1, 0.15) is 5.75 Å². The van der Waals surface area contributed by atoms with Gasteiger partial charge in [0.2, 0.25) is 0 Å². The molecule has 0 saturated heterocycles. The highest BCUT2D eigenvalue weighted by Crippen LogP contribution is 2.28. The molecule has 1 atom stereocenters. The lowest BCUT2D eigenvalue weighted by Gasteiger charge is -2.20. The minimum absolute atomic E-state index is 0.469. The molecule has 0 amide bonds. The van der Waals surface area contributed by atoms with Crippen LogP contribution in [-0.2, 0) is 10.1 Å². The summed E-state index contributed by atoms with van der Waals surface area (Å²) >= 11 is 0.